The Morgan fingerprint density at radius 3 is 2.67 bits per heavy atom. The van der Waals surface area contributed by atoms with E-state index in [1.807, 2.05) is 26.0 Å². The van der Waals surface area contributed by atoms with Gasteiger partial charge in [-0.05, 0) is 39.3 Å². The second-order valence-corrected chi connectivity index (χ2v) is 4.60. The Morgan fingerprint density at radius 1 is 1.39 bits per heavy atom. The predicted molar refractivity (Wildman–Crippen MR) is 69.3 cm³/mol. The van der Waals surface area contributed by atoms with Gasteiger partial charge in [0.25, 0.3) is 0 Å². The first-order valence-electron chi connectivity index (χ1n) is 6.35. The van der Waals surface area contributed by atoms with Crippen molar-refractivity contribution in [2.24, 2.45) is 0 Å². The van der Waals surface area contributed by atoms with Gasteiger partial charge in [-0.3, -0.25) is 0 Å². The zero-order valence-corrected chi connectivity index (χ0v) is 11.4. The molecule has 0 radical (unpaired) electrons. The van der Waals surface area contributed by atoms with Crippen LogP contribution in [0.2, 0.25) is 0 Å². The van der Waals surface area contributed by atoms with Crippen molar-refractivity contribution in [3.8, 4) is 0 Å². The third-order valence-electron chi connectivity index (χ3n) is 3.27. The zero-order valence-electron chi connectivity index (χ0n) is 11.4. The normalized spacial score (nSPS) is 14.7. The van der Waals surface area contributed by atoms with Crippen LogP contribution >= 0.6 is 0 Å². The molecule has 0 bridgehead atoms. The molecule has 18 heavy (non-hydrogen) atoms. The van der Waals surface area contributed by atoms with Crippen molar-refractivity contribution in [2.75, 3.05) is 0 Å². The Labute approximate surface area is 107 Å². The summed E-state index contributed by atoms with van der Waals surface area (Å²) in [5.74, 6) is 1.85. The molecular formula is C14H20N2O2. The molecule has 1 N–H and O–H groups in total. The fourth-order valence-electron chi connectivity index (χ4n) is 2.38. The summed E-state index contributed by atoms with van der Waals surface area (Å²) < 4.78 is 10.7. The molecule has 4 heteroatoms. The minimum Gasteiger partial charge on any atom is -0.468 e. The van der Waals surface area contributed by atoms with Gasteiger partial charge in [-0.2, -0.15) is 0 Å². The number of hydrogen-bond donors (Lipinski definition) is 1. The summed E-state index contributed by atoms with van der Waals surface area (Å²) in [6, 6.07) is 4.32. The van der Waals surface area contributed by atoms with Gasteiger partial charge in [0.05, 0.1) is 18.0 Å². The lowest BCUT2D eigenvalue weighted by Gasteiger charge is -2.20. The minimum atomic E-state index is 0.186. The lowest BCUT2D eigenvalue weighted by atomic mass is 10.0. The first-order valence-corrected chi connectivity index (χ1v) is 6.35. The summed E-state index contributed by atoms with van der Waals surface area (Å²) in [7, 11) is 0. The number of aryl methyl sites for hydroxylation is 2. The summed E-state index contributed by atoms with van der Waals surface area (Å²) in [6.07, 6.45) is 2.68. The van der Waals surface area contributed by atoms with E-state index in [0.29, 0.717) is 0 Å². The van der Waals surface area contributed by atoms with Crippen LogP contribution in [-0.4, -0.2) is 5.16 Å². The molecule has 0 fully saturated rings. The average Bonchev–Trinajstić information content (AvgIpc) is 2.96. The van der Waals surface area contributed by atoms with Gasteiger partial charge in [0, 0.05) is 11.6 Å². The van der Waals surface area contributed by atoms with Crippen molar-refractivity contribution in [3.05, 3.63) is 41.2 Å². The van der Waals surface area contributed by atoms with Gasteiger partial charge in [0.15, 0.2) is 0 Å². The van der Waals surface area contributed by atoms with Crippen LogP contribution in [0.3, 0.4) is 0 Å². The Morgan fingerprint density at radius 2 is 2.17 bits per heavy atom. The lowest BCUT2D eigenvalue weighted by Crippen LogP contribution is -2.24. The first kappa shape index (κ1) is 12.9. The number of nitrogens with zero attached hydrogens (tertiary/aromatic N) is 1. The fraction of sp³-hybridized carbons (Fsp3) is 0.500. The fourth-order valence-corrected chi connectivity index (χ4v) is 2.38. The van der Waals surface area contributed by atoms with Crippen LogP contribution in [0.4, 0.5) is 0 Å². The molecule has 98 valence electrons. The van der Waals surface area contributed by atoms with Gasteiger partial charge in [-0.25, -0.2) is 0 Å². The number of aromatic nitrogens is 1. The van der Waals surface area contributed by atoms with Crippen molar-refractivity contribution in [1.29, 1.82) is 0 Å². The van der Waals surface area contributed by atoms with Gasteiger partial charge >= 0.3 is 0 Å². The lowest BCUT2D eigenvalue weighted by molar-refractivity contribution is 0.369. The Bertz CT molecular complexity index is 468. The van der Waals surface area contributed by atoms with Gasteiger partial charge in [0.2, 0.25) is 0 Å². The van der Waals surface area contributed by atoms with Crippen LogP contribution in [-0.2, 0) is 0 Å². The highest BCUT2D eigenvalue weighted by atomic mass is 16.5. The van der Waals surface area contributed by atoms with E-state index in [2.05, 4.69) is 24.3 Å². The Kier molecular flexibility index (Phi) is 3.87. The van der Waals surface area contributed by atoms with E-state index in [1.165, 1.54) is 0 Å². The van der Waals surface area contributed by atoms with Crippen LogP contribution < -0.4 is 5.32 Å². The second kappa shape index (κ2) is 5.40. The quantitative estimate of drug-likeness (QED) is 0.876. The molecule has 0 saturated carbocycles. The van der Waals surface area contributed by atoms with E-state index >= 15 is 0 Å². The largest absolute Gasteiger partial charge is 0.468 e. The van der Waals surface area contributed by atoms with Crippen molar-refractivity contribution in [3.63, 3.8) is 0 Å². The molecule has 0 aliphatic rings. The molecule has 2 aromatic heterocycles. The van der Waals surface area contributed by atoms with Crippen LogP contribution in [0.1, 0.15) is 55.1 Å². The highest BCUT2D eigenvalue weighted by molar-refractivity contribution is 5.24. The smallest absolute Gasteiger partial charge is 0.138 e. The van der Waals surface area contributed by atoms with E-state index in [1.54, 1.807) is 6.26 Å². The monoisotopic (exact) mass is 248 g/mol. The average molecular weight is 248 g/mol. The van der Waals surface area contributed by atoms with Gasteiger partial charge < -0.3 is 14.3 Å². The molecule has 0 aromatic carbocycles. The van der Waals surface area contributed by atoms with Crippen molar-refractivity contribution in [2.45, 2.75) is 46.2 Å². The van der Waals surface area contributed by atoms with Crippen molar-refractivity contribution >= 4 is 0 Å². The molecule has 0 aliphatic carbocycles. The summed E-state index contributed by atoms with van der Waals surface area (Å²) in [6.45, 7) is 8.18. The molecule has 0 amide bonds. The van der Waals surface area contributed by atoms with E-state index in [-0.39, 0.29) is 12.1 Å². The molecule has 2 unspecified atom stereocenters. The zero-order chi connectivity index (χ0) is 13.1. The number of rotatable bonds is 5. The molecule has 0 saturated heterocycles. The molecule has 2 atom stereocenters. The molecule has 4 nitrogen and oxygen atoms in total. The van der Waals surface area contributed by atoms with Crippen molar-refractivity contribution in [1.82, 2.24) is 10.5 Å². The molecular weight excluding hydrogens is 228 g/mol. The maximum absolute atomic E-state index is 5.46. The summed E-state index contributed by atoms with van der Waals surface area (Å²) in [5.41, 5.74) is 2.09. The maximum Gasteiger partial charge on any atom is 0.138 e. The Hall–Kier alpha value is -1.55. The van der Waals surface area contributed by atoms with Crippen LogP contribution in [0, 0.1) is 13.8 Å². The van der Waals surface area contributed by atoms with Gasteiger partial charge in [-0.15, -0.1) is 0 Å². The summed E-state index contributed by atoms with van der Waals surface area (Å²) >= 11 is 0. The molecule has 2 aromatic rings. The third kappa shape index (κ3) is 2.48. The highest BCUT2D eigenvalue weighted by Gasteiger charge is 2.20. The SMILES string of the molecule is CCC(NC(C)c1c(C)noc1C)c1ccco1. The topological polar surface area (TPSA) is 51.2 Å². The van der Waals surface area contributed by atoms with Gasteiger partial charge in [0.1, 0.15) is 11.5 Å². The van der Waals surface area contributed by atoms with E-state index in [9.17, 15) is 0 Å². The van der Waals surface area contributed by atoms with Crippen LogP contribution in [0.15, 0.2) is 27.3 Å². The van der Waals surface area contributed by atoms with E-state index < -0.39 is 0 Å². The maximum atomic E-state index is 5.46. The predicted octanol–water partition coefficient (Wildman–Crippen LogP) is 3.69. The highest BCUT2D eigenvalue weighted by Crippen LogP contribution is 2.26. The minimum absolute atomic E-state index is 0.186. The number of hydrogen-bond acceptors (Lipinski definition) is 4. The molecule has 0 aliphatic heterocycles. The second-order valence-electron chi connectivity index (χ2n) is 4.60. The summed E-state index contributed by atoms with van der Waals surface area (Å²) in [5, 5.41) is 7.55. The Balaban J connectivity index is 2.13. The third-order valence-corrected chi connectivity index (χ3v) is 3.27. The van der Waals surface area contributed by atoms with Crippen LogP contribution in [0.5, 0.6) is 0 Å². The van der Waals surface area contributed by atoms with E-state index in [0.717, 1.165) is 29.2 Å². The number of nitrogens with one attached hydrogen (secondary N) is 1. The molecule has 0 spiro atoms. The van der Waals surface area contributed by atoms with Gasteiger partial charge in [-0.1, -0.05) is 12.1 Å². The number of furan rings is 1. The van der Waals surface area contributed by atoms with E-state index in [4.69, 9.17) is 8.94 Å². The molecule has 2 rings (SSSR count). The van der Waals surface area contributed by atoms with Crippen LogP contribution in [0.25, 0.3) is 0 Å². The standard InChI is InChI=1S/C14H20N2O2/c1-5-12(13-7-6-8-17-13)15-9(2)14-10(3)16-18-11(14)4/h6-9,12,15H,5H2,1-4H3. The van der Waals surface area contributed by atoms with Crippen molar-refractivity contribution < 1.29 is 8.94 Å². The molecule has 2 heterocycles. The summed E-state index contributed by atoms with van der Waals surface area (Å²) in [4.78, 5) is 0. The first-order chi connectivity index (χ1) is 8.63.